The van der Waals surface area contributed by atoms with Gasteiger partial charge in [-0.25, -0.2) is 0 Å². The van der Waals surface area contributed by atoms with Crippen LogP contribution in [0.25, 0.3) is 5.57 Å². The Morgan fingerprint density at radius 2 is 2.16 bits per heavy atom. The summed E-state index contributed by atoms with van der Waals surface area (Å²) in [6.07, 6.45) is 8.93. The van der Waals surface area contributed by atoms with Gasteiger partial charge in [0.15, 0.2) is 5.78 Å². The number of aryl methyl sites for hydroxylation is 1. The highest BCUT2D eigenvalue weighted by Gasteiger charge is 2.16. The van der Waals surface area contributed by atoms with Crippen LogP contribution >= 0.6 is 11.6 Å². The van der Waals surface area contributed by atoms with Crippen molar-refractivity contribution >= 4 is 23.0 Å². The van der Waals surface area contributed by atoms with Gasteiger partial charge in [-0.05, 0) is 67.0 Å². The van der Waals surface area contributed by atoms with E-state index in [1.807, 2.05) is 30.4 Å². The van der Waals surface area contributed by atoms with Gasteiger partial charge in [-0.3, -0.25) is 4.79 Å². The first-order valence-corrected chi connectivity index (χ1v) is 6.58. The van der Waals surface area contributed by atoms with Gasteiger partial charge in [-0.1, -0.05) is 23.7 Å². The number of nitrogens with two attached hydrogens (primary N) is 1. The molecule has 0 atom stereocenters. The number of Topliss-reactive ketones (excluding diaryl/α,β-unsaturated/α-hetero) is 1. The monoisotopic (exact) mass is 273 g/mol. The van der Waals surface area contributed by atoms with Gasteiger partial charge in [0.2, 0.25) is 0 Å². The lowest BCUT2D eigenvalue weighted by atomic mass is 9.97. The molecule has 0 amide bonds. The summed E-state index contributed by atoms with van der Waals surface area (Å²) in [5.74, 6) is 0.0491. The molecule has 1 aliphatic rings. The van der Waals surface area contributed by atoms with Gasteiger partial charge >= 0.3 is 0 Å². The van der Waals surface area contributed by atoms with Crippen LogP contribution in [0.2, 0.25) is 5.02 Å². The van der Waals surface area contributed by atoms with Gasteiger partial charge in [0, 0.05) is 10.6 Å². The van der Waals surface area contributed by atoms with Crippen molar-refractivity contribution < 1.29 is 4.79 Å². The lowest BCUT2D eigenvalue weighted by molar-refractivity contribution is -0.111. The topological polar surface area (TPSA) is 43.1 Å². The summed E-state index contributed by atoms with van der Waals surface area (Å²) in [5, 5.41) is 0.653. The Morgan fingerprint density at radius 3 is 2.84 bits per heavy atom. The van der Waals surface area contributed by atoms with Crippen molar-refractivity contribution in [2.45, 2.75) is 19.8 Å². The lowest BCUT2D eigenvalue weighted by Gasteiger charge is -2.08. The van der Waals surface area contributed by atoms with Gasteiger partial charge in [0.1, 0.15) is 0 Å². The van der Waals surface area contributed by atoms with Crippen LogP contribution < -0.4 is 5.73 Å². The highest BCUT2D eigenvalue weighted by Crippen LogP contribution is 2.30. The molecule has 0 unspecified atom stereocenters. The molecule has 0 heterocycles. The van der Waals surface area contributed by atoms with Crippen LogP contribution in [-0.2, 0) is 11.2 Å². The van der Waals surface area contributed by atoms with E-state index in [2.05, 4.69) is 0 Å². The average Bonchev–Trinajstić information content (AvgIpc) is 2.56. The highest BCUT2D eigenvalue weighted by atomic mass is 35.5. The second-order valence-electron chi connectivity index (χ2n) is 4.54. The van der Waals surface area contributed by atoms with E-state index in [0.717, 1.165) is 29.5 Å². The van der Waals surface area contributed by atoms with E-state index in [-0.39, 0.29) is 5.78 Å². The Labute approximate surface area is 118 Å². The molecule has 19 heavy (non-hydrogen) atoms. The summed E-state index contributed by atoms with van der Waals surface area (Å²) >= 11 is 6.04. The summed E-state index contributed by atoms with van der Waals surface area (Å²) in [6.45, 7) is 1.58. The van der Waals surface area contributed by atoms with Gasteiger partial charge in [-0.2, -0.15) is 0 Å². The molecule has 0 bridgehead atoms. The molecule has 0 radical (unpaired) electrons. The zero-order valence-corrected chi connectivity index (χ0v) is 11.6. The summed E-state index contributed by atoms with van der Waals surface area (Å²) < 4.78 is 0. The minimum atomic E-state index is 0.0491. The fourth-order valence-corrected chi connectivity index (χ4v) is 2.41. The third-order valence-corrected chi connectivity index (χ3v) is 3.41. The SMILES string of the molecule is CC(=O)C1=C/C(=C/C=C\N)CCc2ccc(Cl)cc21. The molecule has 0 spiro atoms. The molecule has 0 aromatic heterocycles. The van der Waals surface area contributed by atoms with Crippen LogP contribution in [-0.4, -0.2) is 5.78 Å². The molecule has 0 saturated heterocycles. The molecule has 2 rings (SSSR count). The van der Waals surface area contributed by atoms with Crippen molar-refractivity contribution in [3.63, 3.8) is 0 Å². The van der Waals surface area contributed by atoms with E-state index in [9.17, 15) is 4.79 Å². The van der Waals surface area contributed by atoms with Crippen molar-refractivity contribution in [3.05, 3.63) is 64.3 Å². The normalized spacial score (nSPS) is 17.2. The first-order valence-electron chi connectivity index (χ1n) is 6.20. The van der Waals surface area contributed by atoms with E-state index in [1.165, 1.54) is 6.20 Å². The third-order valence-electron chi connectivity index (χ3n) is 3.18. The number of halogens is 1. The molecule has 0 fully saturated rings. The Hall–Kier alpha value is -1.80. The van der Waals surface area contributed by atoms with E-state index >= 15 is 0 Å². The van der Waals surface area contributed by atoms with Crippen LogP contribution in [0.5, 0.6) is 0 Å². The molecular weight excluding hydrogens is 258 g/mol. The van der Waals surface area contributed by atoms with Gasteiger partial charge in [0.25, 0.3) is 0 Å². The molecular formula is C16H16ClNO. The Morgan fingerprint density at radius 1 is 1.37 bits per heavy atom. The smallest absolute Gasteiger partial charge is 0.160 e. The average molecular weight is 274 g/mol. The second-order valence-corrected chi connectivity index (χ2v) is 4.98. The number of hydrogen-bond donors (Lipinski definition) is 1. The number of rotatable bonds is 2. The summed E-state index contributed by atoms with van der Waals surface area (Å²) in [5.41, 5.74) is 9.27. The third kappa shape index (κ3) is 3.15. The molecule has 98 valence electrons. The first kappa shape index (κ1) is 13.6. The van der Waals surface area contributed by atoms with E-state index in [1.54, 1.807) is 13.0 Å². The number of carbonyl (C=O) groups is 1. The maximum absolute atomic E-state index is 11.9. The van der Waals surface area contributed by atoms with Gasteiger partial charge < -0.3 is 5.73 Å². The molecule has 2 nitrogen and oxygen atoms in total. The van der Waals surface area contributed by atoms with E-state index in [0.29, 0.717) is 10.6 Å². The predicted molar refractivity (Wildman–Crippen MR) is 79.8 cm³/mol. The van der Waals surface area contributed by atoms with Crippen molar-refractivity contribution in [2.75, 3.05) is 0 Å². The number of ketones is 1. The molecule has 0 saturated carbocycles. The quantitative estimate of drug-likeness (QED) is 0.894. The van der Waals surface area contributed by atoms with Crippen LogP contribution in [0.4, 0.5) is 0 Å². The highest BCUT2D eigenvalue weighted by molar-refractivity contribution is 6.31. The van der Waals surface area contributed by atoms with Crippen molar-refractivity contribution in [2.24, 2.45) is 5.73 Å². The number of allylic oxidation sites excluding steroid dienone is 5. The molecule has 3 heteroatoms. The summed E-state index contributed by atoms with van der Waals surface area (Å²) in [4.78, 5) is 11.9. The van der Waals surface area contributed by atoms with Crippen molar-refractivity contribution in [3.8, 4) is 0 Å². The minimum Gasteiger partial charge on any atom is -0.405 e. The van der Waals surface area contributed by atoms with Gasteiger partial charge in [-0.15, -0.1) is 0 Å². The number of benzene rings is 1. The zero-order chi connectivity index (χ0) is 13.8. The molecule has 2 N–H and O–H groups in total. The zero-order valence-electron chi connectivity index (χ0n) is 10.8. The Bertz CT molecular complexity index is 597. The number of carbonyl (C=O) groups excluding carboxylic acids is 1. The summed E-state index contributed by atoms with van der Waals surface area (Å²) in [6, 6.07) is 5.73. The predicted octanol–water partition coefficient (Wildman–Crippen LogP) is 3.66. The van der Waals surface area contributed by atoms with Gasteiger partial charge in [0.05, 0.1) is 0 Å². The minimum absolute atomic E-state index is 0.0491. The molecule has 1 aromatic carbocycles. The fourth-order valence-electron chi connectivity index (χ4n) is 2.23. The number of hydrogen-bond acceptors (Lipinski definition) is 2. The van der Waals surface area contributed by atoms with E-state index in [4.69, 9.17) is 17.3 Å². The molecule has 0 aliphatic heterocycles. The molecule has 1 aromatic rings. The Kier molecular flexibility index (Phi) is 4.23. The lowest BCUT2D eigenvalue weighted by Crippen LogP contribution is -1.98. The standard InChI is InChI=1S/C16H16ClNO/c1-11(19)15-9-12(3-2-8-18)4-5-13-6-7-14(17)10-16(13)15/h2-3,6-10H,4-5,18H2,1H3/b8-2-,12-3+. The maximum atomic E-state index is 11.9. The first-order chi connectivity index (χ1) is 9.11. The van der Waals surface area contributed by atoms with Crippen LogP contribution in [0.3, 0.4) is 0 Å². The largest absolute Gasteiger partial charge is 0.405 e. The van der Waals surface area contributed by atoms with Crippen molar-refractivity contribution in [1.29, 1.82) is 0 Å². The fraction of sp³-hybridized carbons (Fsp3) is 0.188. The van der Waals surface area contributed by atoms with Crippen LogP contribution in [0, 0.1) is 0 Å². The maximum Gasteiger partial charge on any atom is 0.160 e. The van der Waals surface area contributed by atoms with Crippen molar-refractivity contribution in [1.82, 2.24) is 0 Å². The second kappa shape index (κ2) is 5.89. The summed E-state index contributed by atoms with van der Waals surface area (Å²) in [7, 11) is 0. The number of fused-ring (bicyclic) bond motifs is 1. The van der Waals surface area contributed by atoms with Crippen LogP contribution in [0.1, 0.15) is 24.5 Å². The van der Waals surface area contributed by atoms with Crippen LogP contribution in [0.15, 0.2) is 48.2 Å². The Balaban J connectivity index is 2.55. The van der Waals surface area contributed by atoms with E-state index < -0.39 is 0 Å². The molecule has 1 aliphatic carbocycles.